The van der Waals surface area contributed by atoms with E-state index in [-0.39, 0.29) is 11.1 Å². The van der Waals surface area contributed by atoms with Crippen LogP contribution in [0.3, 0.4) is 0 Å². The van der Waals surface area contributed by atoms with Gasteiger partial charge in [-0.05, 0) is 30.3 Å². The number of benzene rings is 2. The summed E-state index contributed by atoms with van der Waals surface area (Å²) in [6.45, 7) is 0. The van der Waals surface area contributed by atoms with Gasteiger partial charge in [0.2, 0.25) is 0 Å². The molecular weight excluding hydrogens is 318 g/mol. The van der Waals surface area contributed by atoms with Gasteiger partial charge >= 0.3 is 0 Å². The molecule has 0 aliphatic heterocycles. The average Bonchev–Trinajstić information content (AvgIpc) is 2.38. The molecule has 100 valence electrons. The van der Waals surface area contributed by atoms with E-state index in [1.54, 1.807) is 6.07 Å². The first-order valence-electron chi connectivity index (χ1n) is 5.50. The van der Waals surface area contributed by atoms with Crippen LogP contribution in [-0.4, -0.2) is 12.2 Å². The van der Waals surface area contributed by atoms with Crippen LogP contribution >= 0.6 is 15.9 Å². The third-order valence-electron chi connectivity index (χ3n) is 2.76. The first kappa shape index (κ1) is 14.0. The highest BCUT2D eigenvalue weighted by atomic mass is 79.9. The smallest absolute Gasteiger partial charge is 0.130 e. The number of hydrogen-bond donors (Lipinski definition) is 1. The molecule has 0 saturated heterocycles. The third-order valence-corrected chi connectivity index (χ3v) is 3.45. The van der Waals surface area contributed by atoms with E-state index < -0.39 is 17.7 Å². The Labute approximate surface area is 117 Å². The van der Waals surface area contributed by atoms with Gasteiger partial charge in [-0.2, -0.15) is 0 Å². The fourth-order valence-electron chi connectivity index (χ4n) is 1.85. The summed E-state index contributed by atoms with van der Waals surface area (Å²) in [6.07, 6.45) is -1.32. The van der Waals surface area contributed by atoms with Gasteiger partial charge < -0.3 is 9.84 Å². The topological polar surface area (TPSA) is 29.5 Å². The molecule has 0 heterocycles. The monoisotopic (exact) mass is 328 g/mol. The predicted molar refractivity (Wildman–Crippen MR) is 71.1 cm³/mol. The summed E-state index contributed by atoms with van der Waals surface area (Å²) in [5, 5.41) is 10.3. The Kier molecular flexibility index (Phi) is 4.17. The van der Waals surface area contributed by atoms with Crippen molar-refractivity contribution < 1.29 is 18.6 Å². The quantitative estimate of drug-likeness (QED) is 0.928. The summed E-state index contributed by atoms with van der Waals surface area (Å²) in [5.74, 6) is -0.806. The first-order valence-corrected chi connectivity index (χ1v) is 6.29. The summed E-state index contributed by atoms with van der Waals surface area (Å²) in [6, 6.07) is 8.08. The molecule has 0 bridgehead atoms. The molecular formula is C14H11BrF2O2. The molecule has 1 atom stereocenters. The molecule has 2 aromatic rings. The van der Waals surface area contributed by atoms with E-state index in [4.69, 9.17) is 4.74 Å². The number of hydrogen-bond acceptors (Lipinski definition) is 2. The van der Waals surface area contributed by atoms with Gasteiger partial charge in [-0.25, -0.2) is 8.78 Å². The Balaban J connectivity index is 2.55. The SMILES string of the molecule is COc1ccc(F)cc1C(O)c1c(F)cccc1Br. The van der Waals surface area contributed by atoms with Crippen LogP contribution in [0, 0.1) is 11.6 Å². The molecule has 1 unspecified atom stereocenters. The molecule has 0 spiro atoms. The van der Waals surface area contributed by atoms with Gasteiger partial charge in [0.1, 0.15) is 23.5 Å². The van der Waals surface area contributed by atoms with Gasteiger partial charge in [0.15, 0.2) is 0 Å². The highest BCUT2D eigenvalue weighted by Crippen LogP contribution is 2.35. The molecule has 5 heteroatoms. The van der Waals surface area contributed by atoms with Crippen molar-refractivity contribution in [2.45, 2.75) is 6.10 Å². The van der Waals surface area contributed by atoms with Crippen LogP contribution in [0.1, 0.15) is 17.2 Å². The van der Waals surface area contributed by atoms with Crippen molar-refractivity contribution in [2.75, 3.05) is 7.11 Å². The van der Waals surface area contributed by atoms with E-state index in [2.05, 4.69) is 15.9 Å². The molecule has 0 aliphatic rings. The fourth-order valence-corrected chi connectivity index (χ4v) is 2.41. The number of methoxy groups -OCH3 is 1. The maximum Gasteiger partial charge on any atom is 0.130 e. The van der Waals surface area contributed by atoms with E-state index in [0.717, 1.165) is 6.07 Å². The number of rotatable bonds is 3. The summed E-state index contributed by atoms with van der Waals surface area (Å²) < 4.78 is 32.6. The highest BCUT2D eigenvalue weighted by molar-refractivity contribution is 9.10. The van der Waals surface area contributed by atoms with Gasteiger partial charge in [-0.3, -0.25) is 0 Å². The maximum atomic E-state index is 13.8. The van der Waals surface area contributed by atoms with Crippen LogP contribution in [0.25, 0.3) is 0 Å². The van der Waals surface area contributed by atoms with Gasteiger partial charge in [0.05, 0.1) is 7.11 Å². The molecule has 0 amide bonds. The van der Waals surface area contributed by atoms with Crippen LogP contribution in [0.4, 0.5) is 8.78 Å². The lowest BCUT2D eigenvalue weighted by Gasteiger charge is -2.17. The van der Waals surface area contributed by atoms with E-state index in [1.165, 1.54) is 31.4 Å². The van der Waals surface area contributed by atoms with Crippen LogP contribution in [0.5, 0.6) is 5.75 Å². The number of aliphatic hydroxyl groups is 1. The molecule has 0 saturated carbocycles. The second-order valence-electron chi connectivity index (χ2n) is 3.92. The zero-order valence-corrected chi connectivity index (χ0v) is 11.6. The maximum absolute atomic E-state index is 13.8. The molecule has 0 aliphatic carbocycles. The second-order valence-corrected chi connectivity index (χ2v) is 4.78. The van der Waals surface area contributed by atoms with Crippen LogP contribution < -0.4 is 4.74 Å². The van der Waals surface area contributed by atoms with Crippen molar-refractivity contribution in [2.24, 2.45) is 0 Å². The Morgan fingerprint density at radius 1 is 1.21 bits per heavy atom. The summed E-state index contributed by atoms with van der Waals surface area (Å²) in [4.78, 5) is 0. The molecule has 2 nitrogen and oxygen atoms in total. The van der Waals surface area contributed by atoms with Gasteiger partial charge in [0.25, 0.3) is 0 Å². The average molecular weight is 329 g/mol. The second kappa shape index (κ2) is 5.67. The largest absolute Gasteiger partial charge is 0.496 e. The summed E-state index contributed by atoms with van der Waals surface area (Å²) >= 11 is 3.18. The van der Waals surface area contributed by atoms with Crippen LogP contribution in [-0.2, 0) is 0 Å². The van der Waals surface area contributed by atoms with E-state index in [1.807, 2.05) is 0 Å². The minimum Gasteiger partial charge on any atom is -0.496 e. The summed E-state index contributed by atoms with van der Waals surface area (Å²) in [5.41, 5.74) is 0.222. The molecule has 1 N–H and O–H groups in total. The van der Waals surface area contributed by atoms with E-state index in [9.17, 15) is 13.9 Å². The number of ether oxygens (including phenoxy) is 1. The van der Waals surface area contributed by atoms with E-state index in [0.29, 0.717) is 10.2 Å². The number of halogens is 3. The molecule has 0 fully saturated rings. The molecule has 0 radical (unpaired) electrons. The minimum absolute atomic E-state index is 0.0476. The van der Waals surface area contributed by atoms with Crippen molar-refractivity contribution in [1.29, 1.82) is 0 Å². The lowest BCUT2D eigenvalue weighted by molar-refractivity contribution is 0.208. The molecule has 2 rings (SSSR count). The molecule has 19 heavy (non-hydrogen) atoms. The normalized spacial score (nSPS) is 12.3. The predicted octanol–water partition coefficient (Wildman–Crippen LogP) is 3.82. The van der Waals surface area contributed by atoms with Crippen LogP contribution in [0.2, 0.25) is 0 Å². The zero-order chi connectivity index (χ0) is 14.0. The van der Waals surface area contributed by atoms with Gasteiger partial charge in [-0.1, -0.05) is 22.0 Å². The van der Waals surface area contributed by atoms with Crippen molar-refractivity contribution in [1.82, 2.24) is 0 Å². The van der Waals surface area contributed by atoms with Gasteiger partial charge in [-0.15, -0.1) is 0 Å². The zero-order valence-electron chi connectivity index (χ0n) is 10.0. The first-order chi connectivity index (χ1) is 9.04. The van der Waals surface area contributed by atoms with Crippen molar-refractivity contribution in [3.05, 3.63) is 63.6 Å². The number of aliphatic hydroxyl groups excluding tert-OH is 1. The lowest BCUT2D eigenvalue weighted by Crippen LogP contribution is -2.06. The Morgan fingerprint density at radius 2 is 1.95 bits per heavy atom. The standard InChI is InChI=1S/C14H11BrF2O2/c1-19-12-6-5-8(16)7-9(12)14(18)13-10(15)3-2-4-11(13)17/h2-7,14,18H,1H3. The lowest BCUT2D eigenvalue weighted by atomic mass is 10.00. The minimum atomic E-state index is -1.32. The van der Waals surface area contributed by atoms with Crippen molar-refractivity contribution in [3.8, 4) is 5.75 Å². The van der Waals surface area contributed by atoms with Crippen molar-refractivity contribution >= 4 is 15.9 Å². The molecule has 2 aromatic carbocycles. The Hall–Kier alpha value is -1.46. The van der Waals surface area contributed by atoms with Crippen molar-refractivity contribution in [3.63, 3.8) is 0 Å². The molecule has 0 aromatic heterocycles. The third kappa shape index (κ3) is 2.77. The fraction of sp³-hybridized carbons (Fsp3) is 0.143. The van der Waals surface area contributed by atoms with Crippen LogP contribution in [0.15, 0.2) is 40.9 Å². The Morgan fingerprint density at radius 3 is 2.58 bits per heavy atom. The highest BCUT2D eigenvalue weighted by Gasteiger charge is 2.21. The Bertz CT molecular complexity index is 582. The summed E-state index contributed by atoms with van der Waals surface area (Å²) in [7, 11) is 1.40. The van der Waals surface area contributed by atoms with Gasteiger partial charge in [0, 0.05) is 15.6 Å². The van der Waals surface area contributed by atoms with E-state index >= 15 is 0 Å².